The standard InChI is InChI=1S/C17H20N6O3S/c1-21-9-7-19-15(21)13-11-18-6-10-22(13)16(24)14-12-5-3-4-8-23(12)17(20-14)27(2,25)26/h3-5,7-9,13,18H,6,10-11H2,1-2H3. The lowest BCUT2D eigenvalue weighted by Gasteiger charge is -2.35. The van der Waals surface area contributed by atoms with Crippen LogP contribution in [0, 0.1) is 0 Å². The molecule has 27 heavy (non-hydrogen) atoms. The van der Waals surface area contributed by atoms with Crippen molar-refractivity contribution >= 4 is 21.3 Å². The third-order valence-corrected chi connectivity index (χ3v) is 5.66. The molecular formula is C17H20N6O3S. The average Bonchev–Trinajstić information content (AvgIpc) is 3.24. The minimum Gasteiger partial charge on any atom is -0.336 e. The average molecular weight is 388 g/mol. The van der Waals surface area contributed by atoms with Crippen LogP contribution < -0.4 is 5.32 Å². The lowest BCUT2D eigenvalue weighted by Crippen LogP contribution is -2.49. The van der Waals surface area contributed by atoms with Crippen LogP contribution in [0.4, 0.5) is 0 Å². The molecule has 1 fully saturated rings. The highest BCUT2D eigenvalue weighted by molar-refractivity contribution is 7.90. The van der Waals surface area contributed by atoms with Gasteiger partial charge in [0.2, 0.25) is 15.0 Å². The molecule has 3 aromatic heterocycles. The number of nitrogens with zero attached hydrogens (tertiary/aromatic N) is 5. The topological polar surface area (TPSA) is 102 Å². The van der Waals surface area contributed by atoms with Crippen molar-refractivity contribution in [3.05, 3.63) is 48.3 Å². The van der Waals surface area contributed by atoms with Crippen molar-refractivity contribution in [3.8, 4) is 0 Å². The summed E-state index contributed by atoms with van der Waals surface area (Å²) in [5.41, 5.74) is 0.609. The van der Waals surface area contributed by atoms with E-state index in [-0.39, 0.29) is 22.8 Å². The molecule has 1 amide bonds. The van der Waals surface area contributed by atoms with Gasteiger partial charge in [0.05, 0.1) is 5.52 Å². The Morgan fingerprint density at radius 2 is 2.11 bits per heavy atom. The van der Waals surface area contributed by atoms with Gasteiger partial charge in [-0.25, -0.2) is 18.4 Å². The molecule has 3 aromatic rings. The second-order valence-electron chi connectivity index (χ2n) is 6.59. The Labute approximate surface area is 156 Å². The summed E-state index contributed by atoms with van der Waals surface area (Å²) in [6.45, 7) is 1.70. The highest BCUT2D eigenvalue weighted by atomic mass is 32.2. The van der Waals surface area contributed by atoms with Gasteiger partial charge < -0.3 is 14.8 Å². The monoisotopic (exact) mass is 388 g/mol. The van der Waals surface area contributed by atoms with Crippen LogP contribution in [0.2, 0.25) is 0 Å². The minimum absolute atomic E-state index is 0.134. The maximum absolute atomic E-state index is 13.4. The Kier molecular flexibility index (Phi) is 4.23. The van der Waals surface area contributed by atoms with Gasteiger partial charge in [0.1, 0.15) is 11.9 Å². The van der Waals surface area contributed by atoms with Gasteiger partial charge in [0, 0.05) is 51.5 Å². The van der Waals surface area contributed by atoms with Gasteiger partial charge in [-0.15, -0.1) is 0 Å². The maximum atomic E-state index is 13.4. The molecule has 0 saturated carbocycles. The van der Waals surface area contributed by atoms with Crippen molar-refractivity contribution < 1.29 is 13.2 Å². The number of amides is 1. The molecule has 0 aromatic carbocycles. The van der Waals surface area contributed by atoms with E-state index in [1.807, 2.05) is 17.8 Å². The summed E-state index contributed by atoms with van der Waals surface area (Å²) in [6.07, 6.45) is 6.22. The maximum Gasteiger partial charge on any atom is 0.275 e. The molecule has 1 unspecified atom stereocenters. The van der Waals surface area contributed by atoms with E-state index in [0.29, 0.717) is 25.2 Å². The number of hydrogen-bond acceptors (Lipinski definition) is 6. The van der Waals surface area contributed by atoms with Crippen molar-refractivity contribution in [1.82, 2.24) is 29.2 Å². The number of rotatable bonds is 3. The lowest BCUT2D eigenvalue weighted by molar-refractivity contribution is 0.0617. The first-order valence-electron chi connectivity index (χ1n) is 8.54. The molecule has 10 heteroatoms. The van der Waals surface area contributed by atoms with E-state index >= 15 is 0 Å². The van der Waals surface area contributed by atoms with E-state index in [0.717, 1.165) is 12.1 Å². The van der Waals surface area contributed by atoms with Gasteiger partial charge in [0.25, 0.3) is 5.91 Å². The van der Waals surface area contributed by atoms with Gasteiger partial charge in [-0.3, -0.25) is 9.20 Å². The first-order valence-corrected chi connectivity index (χ1v) is 10.4. The van der Waals surface area contributed by atoms with E-state index in [9.17, 15) is 13.2 Å². The molecule has 4 rings (SSSR count). The van der Waals surface area contributed by atoms with E-state index < -0.39 is 9.84 Å². The normalized spacial score (nSPS) is 18.1. The summed E-state index contributed by atoms with van der Waals surface area (Å²) < 4.78 is 27.6. The number of hydrogen-bond donors (Lipinski definition) is 1. The summed E-state index contributed by atoms with van der Waals surface area (Å²) in [4.78, 5) is 23.7. The second kappa shape index (κ2) is 6.46. The first kappa shape index (κ1) is 17.7. The lowest BCUT2D eigenvalue weighted by atomic mass is 10.1. The molecule has 1 aliphatic heterocycles. The van der Waals surface area contributed by atoms with Gasteiger partial charge in [0.15, 0.2) is 5.69 Å². The molecule has 1 aliphatic rings. The predicted molar refractivity (Wildman–Crippen MR) is 98.2 cm³/mol. The molecule has 1 atom stereocenters. The summed E-state index contributed by atoms with van der Waals surface area (Å²) >= 11 is 0. The van der Waals surface area contributed by atoms with E-state index in [4.69, 9.17) is 0 Å². The third kappa shape index (κ3) is 3.00. The summed E-state index contributed by atoms with van der Waals surface area (Å²) in [5, 5.41) is 3.15. The van der Waals surface area contributed by atoms with Crippen molar-refractivity contribution in [2.24, 2.45) is 7.05 Å². The predicted octanol–water partition coefficient (Wildman–Crippen LogP) is 0.258. The molecule has 142 valence electrons. The SMILES string of the molecule is Cn1ccnc1C1CNCCN1C(=O)c1nc(S(C)(=O)=O)n2ccccc12. The van der Waals surface area contributed by atoms with Crippen LogP contribution in [0.25, 0.3) is 5.52 Å². The summed E-state index contributed by atoms with van der Waals surface area (Å²) in [7, 11) is -1.70. The molecule has 0 radical (unpaired) electrons. The summed E-state index contributed by atoms with van der Waals surface area (Å²) in [6, 6.07) is 4.91. The van der Waals surface area contributed by atoms with Gasteiger partial charge in [-0.05, 0) is 12.1 Å². The highest BCUT2D eigenvalue weighted by Gasteiger charge is 2.34. The molecule has 1 N–H and O–H groups in total. The number of fused-ring (bicyclic) bond motifs is 1. The van der Waals surface area contributed by atoms with Crippen LogP contribution in [-0.4, -0.2) is 64.1 Å². The smallest absolute Gasteiger partial charge is 0.275 e. The Morgan fingerprint density at radius 3 is 2.81 bits per heavy atom. The van der Waals surface area contributed by atoms with E-state index in [2.05, 4.69) is 15.3 Å². The Bertz CT molecular complexity index is 1120. The van der Waals surface area contributed by atoms with E-state index in [1.165, 1.54) is 4.40 Å². The largest absolute Gasteiger partial charge is 0.336 e. The van der Waals surface area contributed by atoms with Crippen LogP contribution in [0.3, 0.4) is 0 Å². The molecular weight excluding hydrogens is 368 g/mol. The molecule has 1 saturated heterocycles. The highest BCUT2D eigenvalue weighted by Crippen LogP contribution is 2.25. The Balaban J connectivity index is 1.81. The minimum atomic E-state index is -3.58. The Hall–Kier alpha value is -2.72. The number of carbonyl (C=O) groups is 1. The van der Waals surface area contributed by atoms with Crippen molar-refractivity contribution in [1.29, 1.82) is 0 Å². The van der Waals surface area contributed by atoms with Gasteiger partial charge in [-0.2, -0.15) is 0 Å². The van der Waals surface area contributed by atoms with Crippen LogP contribution in [0.5, 0.6) is 0 Å². The zero-order valence-corrected chi connectivity index (χ0v) is 15.8. The van der Waals surface area contributed by atoms with Crippen molar-refractivity contribution in [2.75, 3.05) is 25.9 Å². The molecule has 0 bridgehead atoms. The number of piperazine rings is 1. The number of carbonyl (C=O) groups excluding carboxylic acids is 1. The van der Waals surface area contributed by atoms with Crippen LogP contribution in [0.15, 0.2) is 41.9 Å². The molecule has 4 heterocycles. The number of aromatic nitrogens is 4. The van der Waals surface area contributed by atoms with Crippen LogP contribution in [0.1, 0.15) is 22.4 Å². The number of pyridine rings is 1. The quantitative estimate of drug-likeness (QED) is 0.691. The zero-order chi connectivity index (χ0) is 19.2. The number of aryl methyl sites for hydroxylation is 1. The van der Waals surface area contributed by atoms with Crippen molar-refractivity contribution in [3.63, 3.8) is 0 Å². The fraction of sp³-hybridized carbons (Fsp3) is 0.353. The summed E-state index contributed by atoms with van der Waals surface area (Å²) in [5.74, 6) is 0.463. The molecule has 9 nitrogen and oxygen atoms in total. The van der Waals surface area contributed by atoms with Gasteiger partial charge >= 0.3 is 0 Å². The molecule has 0 aliphatic carbocycles. The number of imidazole rings is 2. The van der Waals surface area contributed by atoms with Crippen molar-refractivity contribution in [2.45, 2.75) is 11.2 Å². The molecule has 0 spiro atoms. The van der Waals surface area contributed by atoms with Crippen LogP contribution in [-0.2, 0) is 16.9 Å². The fourth-order valence-corrected chi connectivity index (χ4v) is 4.21. The second-order valence-corrected chi connectivity index (χ2v) is 8.50. The van der Waals surface area contributed by atoms with E-state index in [1.54, 1.807) is 35.5 Å². The zero-order valence-electron chi connectivity index (χ0n) is 15.0. The first-order chi connectivity index (χ1) is 12.9. The van der Waals surface area contributed by atoms with Crippen LogP contribution >= 0.6 is 0 Å². The number of nitrogens with one attached hydrogen (secondary N) is 1. The Morgan fingerprint density at radius 1 is 1.30 bits per heavy atom. The van der Waals surface area contributed by atoms with Gasteiger partial charge in [-0.1, -0.05) is 6.07 Å². The number of sulfone groups is 1. The fourth-order valence-electron chi connectivity index (χ4n) is 3.44. The third-order valence-electron chi connectivity index (χ3n) is 4.71.